The molecule has 0 N–H and O–H groups in total. The summed E-state index contributed by atoms with van der Waals surface area (Å²) in [5.41, 5.74) is 0. The van der Waals surface area contributed by atoms with E-state index in [0.29, 0.717) is 0 Å². The van der Waals surface area contributed by atoms with Crippen molar-refractivity contribution in [2.75, 3.05) is 13.5 Å². The molecule has 0 aliphatic carbocycles. The summed E-state index contributed by atoms with van der Waals surface area (Å²) < 4.78 is 51.6. The third kappa shape index (κ3) is 6.88. The Labute approximate surface area is 58.9 Å². The molecule has 0 amide bonds. The number of ether oxygens (including phenoxy) is 2. The number of hydrogen-bond donors (Lipinski definition) is 0. The molecule has 0 saturated carbocycles. The largest absolute Gasteiger partial charge is 0.510 e. The number of halogens is 4. The van der Waals surface area contributed by atoms with Crippen molar-refractivity contribution in [2.24, 2.45) is 0 Å². The molecule has 0 unspecified atom stereocenters. The van der Waals surface area contributed by atoms with Gasteiger partial charge < -0.3 is 9.47 Å². The molecule has 0 atom stereocenters. The summed E-state index contributed by atoms with van der Waals surface area (Å²) in [5, 5.41) is 0. The van der Waals surface area contributed by atoms with E-state index in [1.807, 2.05) is 0 Å². The normalized spacial score (nSPS) is 10.9. The molecular weight excluding hydrogens is 172 g/mol. The molecule has 11 heavy (non-hydrogen) atoms. The maximum atomic E-state index is 11.2. The Hall–Kier alpha value is -1.01. The lowest BCUT2D eigenvalue weighted by Gasteiger charge is -2.05. The minimum atomic E-state index is -4.62. The lowest BCUT2D eigenvalue weighted by Crippen LogP contribution is -2.20. The highest BCUT2D eigenvalue weighted by molar-refractivity contribution is 5.59. The van der Waals surface area contributed by atoms with E-state index in [9.17, 15) is 22.4 Å². The van der Waals surface area contributed by atoms with Gasteiger partial charge in [0.1, 0.15) is 0 Å². The van der Waals surface area contributed by atoms with E-state index in [0.717, 1.165) is 0 Å². The number of hydrogen-bond acceptors (Lipinski definition) is 3. The number of alkyl halides is 4. The molecule has 0 rings (SSSR count). The second-order valence-corrected chi connectivity index (χ2v) is 1.41. The molecule has 0 saturated heterocycles. The first-order valence-electron chi connectivity index (χ1n) is 2.38. The van der Waals surface area contributed by atoms with Crippen molar-refractivity contribution < 1.29 is 31.8 Å². The van der Waals surface area contributed by atoms with Gasteiger partial charge in [0.05, 0.1) is 0 Å². The van der Waals surface area contributed by atoms with Crippen LogP contribution in [0.15, 0.2) is 0 Å². The topological polar surface area (TPSA) is 35.5 Å². The van der Waals surface area contributed by atoms with Gasteiger partial charge in [-0.05, 0) is 0 Å². The second-order valence-electron chi connectivity index (χ2n) is 1.41. The van der Waals surface area contributed by atoms with Gasteiger partial charge in [-0.3, -0.25) is 0 Å². The summed E-state index contributed by atoms with van der Waals surface area (Å²) in [4.78, 5) is 9.91. The van der Waals surface area contributed by atoms with Crippen molar-refractivity contribution >= 4 is 6.16 Å². The van der Waals surface area contributed by atoms with Gasteiger partial charge in [-0.25, -0.2) is 9.18 Å². The molecule has 0 spiro atoms. The Kier molecular flexibility index (Phi) is 3.63. The van der Waals surface area contributed by atoms with Gasteiger partial charge in [-0.1, -0.05) is 0 Å². The van der Waals surface area contributed by atoms with Crippen LogP contribution in [0.3, 0.4) is 0 Å². The maximum absolute atomic E-state index is 11.2. The van der Waals surface area contributed by atoms with Crippen LogP contribution in [0.25, 0.3) is 0 Å². The summed E-state index contributed by atoms with van der Waals surface area (Å²) >= 11 is 0. The molecule has 0 aromatic carbocycles. The van der Waals surface area contributed by atoms with E-state index in [1.54, 1.807) is 0 Å². The predicted molar refractivity (Wildman–Crippen MR) is 24.5 cm³/mol. The molecule has 0 fully saturated rings. The van der Waals surface area contributed by atoms with Gasteiger partial charge in [0.15, 0.2) is 6.61 Å². The Balaban J connectivity index is 3.46. The fraction of sp³-hybridized carbons (Fsp3) is 0.750. The van der Waals surface area contributed by atoms with E-state index in [1.165, 1.54) is 0 Å². The van der Waals surface area contributed by atoms with Crippen LogP contribution in [0.1, 0.15) is 0 Å². The zero-order valence-electron chi connectivity index (χ0n) is 5.15. The molecule has 0 aliphatic rings. The van der Waals surface area contributed by atoms with Gasteiger partial charge >= 0.3 is 12.3 Å². The van der Waals surface area contributed by atoms with Gasteiger partial charge in [-0.2, -0.15) is 13.2 Å². The fourth-order valence-corrected chi connectivity index (χ4v) is 0.227. The third-order valence-corrected chi connectivity index (χ3v) is 0.526. The van der Waals surface area contributed by atoms with Gasteiger partial charge in [0.25, 0.3) is 0 Å². The molecule has 66 valence electrons. The maximum Gasteiger partial charge on any atom is 0.510 e. The standard InChI is InChI=1S/C4H4F4O3/c5-2-11-3(9)10-1-4(6,7)8/h1-2H2. The molecular formula is C4H4F4O3. The van der Waals surface area contributed by atoms with Crippen LogP contribution in [0.2, 0.25) is 0 Å². The summed E-state index contributed by atoms with van der Waals surface area (Å²) in [6.45, 7) is -3.28. The van der Waals surface area contributed by atoms with E-state index in [2.05, 4.69) is 9.47 Å². The quantitative estimate of drug-likeness (QED) is 0.473. The lowest BCUT2D eigenvalue weighted by molar-refractivity contribution is -0.166. The van der Waals surface area contributed by atoms with Crippen LogP contribution >= 0.6 is 0 Å². The van der Waals surface area contributed by atoms with Crippen LogP contribution in [-0.2, 0) is 9.47 Å². The molecule has 3 nitrogen and oxygen atoms in total. The lowest BCUT2D eigenvalue weighted by atomic mass is 10.7. The predicted octanol–water partition coefficient (Wildman–Crippen LogP) is 1.63. The summed E-state index contributed by atoms with van der Waals surface area (Å²) in [6.07, 6.45) is -6.29. The van der Waals surface area contributed by atoms with Crippen LogP contribution < -0.4 is 0 Å². The molecule has 0 heterocycles. The molecule has 0 bridgehead atoms. The first kappa shape index (κ1) is 9.99. The second kappa shape index (κ2) is 3.99. The zero-order valence-corrected chi connectivity index (χ0v) is 5.15. The van der Waals surface area contributed by atoms with Crippen LogP contribution in [0, 0.1) is 0 Å². The summed E-state index contributed by atoms with van der Waals surface area (Å²) in [6, 6.07) is 0. The highest BCUT2D eigenvalue weighted by Gasteiger charge is 2.29. The third-order valence-electron chi connectivity index (χ3n) is 0.526. The first-order chi connectivity index (χ1) is 4.95. The van der Waals surface area contributed by atoms with Crippen molar-refractivity contribution in [3.8, 4) is 0 Å². The number of rotatable bonds is 2. The molecule has 0 aromatic heterocycles. The average Bonchev–Trinajstić information content (AvgIpc) is 1.83. The number of carbonyl (C=O) groups is 1. The van der Waals surface area contributed by atoms with Crippen molar-refractivity contribution in [1.29, 1.82) is 0 Å². The molecule has 0 aliphatic heterocycles. The highest BCUT2D eigenvalue weighted by Crippen LogP contribution is 2.14. The van der Waals surface area contributed by atoms with E-state index < -0.39 is 25.8 Å². The molecule has 0 aromatic rings. The van der Waals surface area contributed by atoms with Crippen LogP contribution in [-0.4, -0.2) is 25.8 Å². The smallest absolute Gasteiger partial charge is 0.425 e. The Morgan fingerprint density at radius 3 is 2.18 bits per heavy atom. The minimum Gasteiger partial charge on any atom is -0.425 e. The highest BCUT2D eigenvalue weighted by atomic mass is 19.4. The first-order valence-corrected chi connectivity index (χ1v) is 2.38. The van der Waals surface area contributed by atoms with Crippen molar-refractivity contribution in [2.45, 2.75) is 6.18 Å². The summed E-state index contributed by atoms with van der Waals surface area (Å²) in [5.74, 6) is 0. The van der Waals surface area contributed by atoms with E-state index in [4.69, 9.17) is 0 Å². The van der Waals surface area contributed by atoms with Gasteiger partial charge in [0.2, 0.25) is 6.86 Å². The van der Waals surface area contributed by atoms with Crippen molar-refractivity contribution in [3.63, 3.8) is 0 Å². The molecule has 0 radical (unpaired) electrons. The summed E-state index contributed by atoms with van der Waals surface area (Å²) in [7, 11) is 0. The van der Waals surface area contributed by atoms with Crippen molar-refractivity contribution in [1.82, 2.24) is 0 Å². The SMILES string of the molecule is O=C(OCF)OCC(F)(F)F. The Morgan fingerprint density at radius 2 is 1.82 bits per heavy atom. The zero-order chi connectivity index (χ0) is 8.91. The van der Waals surface area contributed by atoms with E-state index in [-0.39, 0.29) is 0 Å². The Bertz CT molecular complexity index is 132. The average molecular weight is 176 g/mol. The van der Waals surface area contributed by atoms with Crippen molar-refractivity contribution in [3.05, 3.63) is 0 Å². The van der Waals surface area contributed by atoms with Gasteiger partial charge in [0, 0.05) is 0 Å². The van der Waals surface area contributed by atoms with Gasteiger partial charge in [-0.15, -0.1) is 0 Å². The van der Waals surface area contributed by atoms with E-state index >= 15 is 0 Å². The Morgan fingerprint density at radius 1 is 1.27 bits per heavy atom. The van der Waals surface area contributed by atoms with Crippen LogP contribution in [0.5, 0.6) is 0 Å². The minimum absolute atomic E-state index is 1.50. The monoisotopic (exact) mass is 176 g/mol. The fourth-order valence-electron chi connectivity index (χ4n) is 0.227. The van der Waals surface area contributed by atoms with Crippen LogP contribution in [0.4, 0.5) is 22.4 Å². The molecule has 7 heteroatoms. The number of carbonyl (C=O) groups excluding carboxylic acids is 1.